The Morgan fingerprint density at radius 1 is 0.912 bits per heavy atom. The standard InChI is InChI=1S/C28H29N3O2S/c1-16-7-8-20(26-29-23-13-17(2)18(3)14-24(23)33-26)15-22(16)30-27(34)31-25(32)19-9-11-21(12-10-19)28(4,5)6/h7-15H,1-6H3,(H2,30,31,32,34). The van der Waals surface area contributed by atoms with E-state index in [-0.39, 0.29) is 16.4 Å². The van der Waals surface area contributed by atoms with Gasteiger partial charge in [-0.25, -0.2) is 4.98 Å². The maximum absolute atomic E-state index is 12.7. The van der Waals surface area contributed by atoms with Gasteiger partial charge < -0.3 is 9.73 Å². The van der Waals surface area contributed by atoms with Crippen molar-refractivity contribution in [1.82, 2.24) is 10.3 Å². The van der Waals surface area contributed by atoms with Crippen LogP contribution in [0.2, 0.25) is 0 Å². The van der Waals surface area contributed by atoms with E-state index in [1.54, 1.807) is 0 Å². The van der Waals surface area contributed by atoms with Crippen LogP contribution in [-0.4, -0.2) is 16.0 Å². The number of rotatable bonds is 3. The molecule has 0 saturated heterocycles. The van der Waals surface area contributed by atoms with Crippen molar-refractivity contribution in [1.29, 1.82) is 0 Å². The maximum Gasteiger partial charge on any atom is 0.257 e. The number of amides is 1. The van der Waals surface area contributed by atoms with Crippen molar-refractivity contribution in [3.63, 3.8) is 0 Å². The monoisotopic (exact) mass is 471 g/mol. The van der Waals surface area contributed by atoms with Crippen LogP contribution in [-0.2, 0) is 5.41 Å². The van der Waals surface area contributed by atoms with Gasteiger partial charge in [0.15, 0.2) is 10.7 Å². The molecule has 0 aliphatic rings. The van der Waals surface area contributed by atoms with Crippen molar-refractivity contribution in [2.75, 3.05) is 5.32 Å². The van der Waals surface area contributed by atoms with Crippen LogP contribution in [0.15, 0.2) is 59.0 Å². The smallest absolute Gasteiger partial charge is 0.257 e. The summed E-state index contributed by atoms with van der Waals surface area (Å²) < 4.78 is 6.00. The van der Waals surface area contributed by atoms with Gasteiger partial charge >= 0.3 is 0 Å². The third-order valence-electron chi connectivity index (χ3n) is 5.98. The predicted molar refractivity (Wildman–Crippen MR) is 142 cm³/mol. The van der Waals surface area contributed by atoms with Crippen LogP contribution in [0, 0.1) is 20.8 Å². The van der Waals surface area contributed by atoms with Gasteiger partial charge in [-0.15, -0.1) is 0 Å². The summed E-state index contributed by atoms with van der Waals surface area (Å²) in [7, 11) is 0. The SMILES string of the molecule is Cc1cc2nc(-c3ccc(C)c(NC(=S)NC(=O)c4ccc(C(C)(C)C)cc4)c3)oc2cc1C. The minimum absolute atomic E-state index is 0.0285. The zero-order valence-electron chi connectivity index (χ0n) is 20.4. The summed E-state index contributed by atoms with van der Waals surface area (Å²) in [6, 6.07) is 17.5. The summed E-state index contributed by atoms with van der Waals surface area (Å²) >= 11 is 5.42. The van der Waals surface area contributed by atoms with E-state index >= 15 is 0 Å². The van der Waals surface area contributed by atoms with E-state index < -0.39 is 0 Å². The first-order valence-electron chi connectivity index (χ1n) is 11.2. The Balaban J connectivity index is 1.50. The highest BCUT2D eigenvalue weighted by Gasteiger charge is 2.16. The quantitative estimate of drug-likeness (QED) is 0.320. The lowest BCUT2D eigenvalue weighted by molar-refractivity contribution is 0.0977. The van der Waals surface area contributed by atoms with E-state index in [0.717, 1.165) is 33.5 Å². The van der Waals surface area contributed by atoms with Crippen molar-refractivity contribution in [3.05, 3.63) is 82.4 Å². The molecule has 0 atom stereocenters. The van der Waals surface area contributed by atoms with Crippen LogP contribution in [0.25, 0.3) is 22.6 Å². The van der Waals surface area contributed by atoms with E-state index in [4.69, 9.17) is 16.6 Å². The van der Waals surface area contributed by atoms with Crippen LogP contribution in [0.4, 0.5) is 5.69 Å². The molecule has 0 aliphatic carbocycles. The first-order valence-corrected chi connectivity index (χ1v) is 11.6. The molecule has 2 N–H and O–H groups in total. The number of fused-ring (bicyclic) bond motifs is 1. The van der Waals surface area contributed by atoms with Gasteiger partial charge in [0.05, 0.1) is 0 Å². The highest BCUT2D eigenvalue weighted by Crippen LogP contribution is 2.29. The number of benzene rings is 3. The lowest BCUT2D eigenvalue weighted by Gasteiger charge is -2.19. The van der Waals surface area contributed by atoms with Crippen molar-refractivity contribution < 1.29 is 9.21 Å². The first kappa shape index (κ1) is 23.6. The van der Waals surface area contributed by atoms with Crippen molar-refractivity contribution in [2.45, 2.75) is 47.0 Å². The number of aromatic nitrogens is 1. The van der Waals surface area contributed by atoms with Crippen LogP contribution in [0.5, 0.6) is 0 Å². The number of thiocarbonyl (C=S) groups is 1. The Morgan fingerprint density at radius 3 is 2.26 bits per heavy atom. The van der Waals surface area contributed by atoms with Gasteiger partial charge in [-0.3, -0.25) is 10.1 Å². The molecule has 0 spiro atoms. The summed E-state index contributed by atoms with van der Waals surface area (Å²) in [6.45, 7) is 12.5. The molecule has 0 bridgehead atoms. The highest BCUT2D eigenvalue weighted by atomic mass is 32.1. The van der Waals surface area contributed by atoms with E-state index in [1.807, 2.05) is 61.5 Å². The predicted octanol–water partition coefficient (Wildman–Crippen LogP) is 6.84. The van der Waals surface area contributed by atoms with Crippen molar-refractivity contribution in [3.8, 4) is 11.5 Å². The summed E-state index contributed by atoms with van der Waals surface area (Å²) in [5, 5.41) is 6.13. The van der Waals surface area contributed by atoms with Crippen LogP contribution >= 0.6 is 12.2 Å². The number of nitrogens with one attached hydrogen (secondary N) is 2. The number of hydrogen-bond donors (Lipinski definition) is 2. The van der Waals surface area contributed by atoms with Crippen LogP contribution in [0.3, 0.4) is 0 Å². The minimum Gasteiger partial charge on any atom is -0.436 e. The fraction of sp³-hybridized carbons (Fsp3) is 0.250. The normalized spacial score (nSPS) is 11.5. The molecular formula is C28H29N3O2S. The van der Waals surface area contributed by atoms with Gasteiger partial charge in [0.25, 0.3) is 5.91 Å². The molecular weight excluding hydrogens is 442 g/mol. The summed E-state index contributed by atoms with van der Waals surface area (Å²) in [4.78, 5) is 17.3. The fourth-order valence-corrected chi connectivity index (χ4v) is 3.85. The van der Waals surface area contributed by atoms with Crippen molar-refractivity contribution in [2.24, 2.45) is 0 Å². The van der Waals surface area contributed by atoms with Gasteiger partial charge in [0.2, 0.25) is 5.89 Å². The van der Waals surface area contributed by atoms with Crippen LogP contribution in [0.1, 0.15) is 53.4 Å². The largest absolute Gasteiger partial charge is 0.436 e. The first-order chi connectivity index (χ1) is 16.0. The van der Waals surface area contributed by atoms with Crippen molar-refractivity contribution >= 4 is 40.0 Å². The van der Waals surface area contributed by atoms with Gasteiger partial charge in [-0.1, -0.05) is 39.0 Å². The summed E-state index contributed by atoms with van der Waals surface area (Å²) in [6.07, 6.45) is 0. The molecule has 1 amide bonds. The number of carbonyl (C=O) groups excluding carboxylic acids is 1. The zero-order valence-corrected chi connectivity index (χ0v) is 21.2. The Bertz CT molecular complexity index is 1360. The number of anilines is 1. The number of carbonyl (C=O) groups is 1. The Kier molecular flexibility index (Phi) is 6.28. The van der Waals surface area contributed by atoms with Gasteiger partial charge in [-0.05, 0) is 97.1 Å². The molecule has 0 radical (unpaired) electrons. The third-order valence-corrected chi connectivity index (χ3v) is 6.18. The topological polar surface area (TPSA) is 67.2 Å². The molecule has 174 valence electrons. The highest BCUT2D eigenvalue weighted by molar-refractivity contribution is 7.80. The number of hydrogen-bond acceptors (Lipinski definition) is 4. The lowest BCUT2D eigenvalue weighted by Crippen LogP contribution is -2.34. The molecule has 5 nitrogen and oxygen atoms in total. The second-order valence-corrected chi connectivity index (χ2v) is 10.1. The average molecular weight is 472 g/mol. The molecule has 4 rings (SSSR count). The third kappa shape index (κ3) is 5.02. The summed E-state index contributed by atoms with van der Waals surface area (Å²) in [5.41, 5.74) is 8.26. The van der Waals surface area contributed by atoms with Gasteiger partial charge in [0.1, 0.15) is 5.52 Å². The number of oxazole rings is 1. The molecule has 34 heavy (non-hydrogen) atoms. The molecule has 1 heterocycles. The average Bonchev–Trinajstić information content (AvgIpc) is 3.17. The Hall–Kier alpha value is -3.51. The second-order valence-electron chi connectivity index (χ2n) is 9.69. The number of nitrogens with zero attached hydrogens (tertiary/aromatic N) is 1. The molecule has 0 aliphatic heterocycles. The molecule has 0 fully saturated rings. The Labute approximate surface area is 205 Å². The maximum atomic E-state index is 12.7. The minimum atomic E-state index is -0.253. The van der Waals surface area contributed by atoms with E-state index in [2.05, 4.69) is 50.2 Å². The Morgan fingerprint density at radius 2 is 1.59 bits per heavy atom. The van der Waals surface area contributed by atoms with E-state index in [0.29, 0.717) is 11.5 Å². The molecule has 1 aromatic heterocycles. The molecule has 3 aromatic carbocycles. The molecule has 6 heteroatoms. The fourth-order valence-electron chi connectivity index (χ4n) is 3.64. The van der Waals surface area contributed by atoms with Gasteiger partial charge in [0, 0.05) is 16.8 Å². The van der Waals surface area contributed by atoms with Gasteiger partial charge in [-0.2, -0.15) is 0 Å². The number of aryl methyl sites for hydroxylation is 3. The van der Waals surface area contributed by atoms with Crippen LogP contribution < -0.4 is 10.6 Å². The molecule has 0 saturated carbocycles. The van der Waals surface area contributed by atoms with E-state index in [1.165, 1.54) is 11.1 Å². The molecule has 4 aromatic rings. The lowest BCUT2D eigenvalue weighted by atomic mass is 9.87. The summed E-state index contributed by atoms with van der Waals surface area (Å²) in [5.74, 6) is 0.286. The second kappa shape index (κ2) is 9.03. The molecule has 0 unspecified atom stereocenters. The zero-order chi connectivity index (χ0) is 24.6. The van der Waals surface area contributed by atoms with E-state index in [9.17, 15) is 4.79 Å².